The van der Waals surface area contributed by atoms with E-state index in [1.807, 2.05) is 64.9 Å². The van der Waals surface area contributed by atoms with E-state index in [0.29, 0.717) is 18.4 Å². The van der Waals surface area contributed by atoms with Gasteiger partial charge in [0.25, 0.3) is 0 Å². The number of imidazole rings is 1. The molecule has 1 unspecified atom stereocenters. The van der Waals surface area contributed by atoms with Crippen molar-refractivity contribution in [2.45, 2.75) is 39.7 Å². The summed E-state index contributed by atoms with van der Waals surface area (Å²) in [7, 11) is 0. The number of nitrogens with zero attached hydrogens (tertiary/aromatic N) is 7. The zero-order valence-electron chi connectivity index (χ0n) is 18.3. The number of aromatic amines is 1. The number of aryl methyl sites for hydroxylation is 1. The van der Waals surface area contributed by atoms with E-state index in [4.69, 9.17) is 4.98 Å². The molecule has 9 nitrogen and oxygen atoms in total. The van der Waals surface area contributed by atoms with Gasteiger partial charge in [-0.2, -0.15) is 10.2 Å². The molecule has 5 aromatic rings. The van der Waals surface area contributed by atoms with Crippen LogP contribution in [0, 0.1) is 6.92 Å². The Morgan fingerprint density at radius 3 is 2.88 bits per heavy atom. The van der Waals surface area contributed by atoms with Crippen LogP contribution in [0.5, 0.6) is 0 Å². The fraction of sp³-hybridized carbons (Fsp3) is 0.261. The fourth-order valence-corrected chi connectivity index (χ4v) is 3.57. The van der Waals surface area contributed by atoms with Gasteiger partial charge < -0.3 is 5.32 Å². The molecule has 5 aromatic heterocycles. The van der Waals surface area contributed by atoms with Crippen LogP contribution in [0.25, 0.3) is 16.9 Å². The molecule has 0 fully saturated rings. The highest BCUT2D eigenvalue weighted by Crippen LogP contribution is 2.25. The maximum atomic E-state index is 4.86. The fourth-order valence-electron chi connectivity index (χ4n) is 3.57. The average molecular weight is 428 g/mol. The van der Waals surface area contributed by atoms with Crippen molar-refractivity contribution in [2.75, 3.05) is 5.32 Å². The van der Waals surface area contributed by atoms with Crippen LogP contribution in [0.4, 0.5) is 11.8 Å². The van der Waals surface area contributed by atoms with Crippen LogP contribution in [0.3, 0.4) is 0 Å². The molecule has 1 atom stereocenters. The summed E-state index contributed by atoms with van der Waals surface area (Å²) in [4.78, 5) is 13.9. The van der Waals surface area contributed by atoms with Crippen LogP contribution in [0.15, 0.2) is 55.1 Å². The second kappa shape index (κ2) is 8.26. The predicted molar refractivity (Wildman–Crippen MR) is 123 cm³/mol. The van der Waals surface area contributed by atoms with Gasteiger partial charge in [0.15, 0.2) is 5.82 Å². The Morgan fingerprint density at radius 1 is 1.16 bits per heavy atom. The molecule has 0 saturated carbocycles. The SMILES string of the molecule is CCC(C)c1cc(Nc2nc(-c3cnn(Cc4ccccn4)c3)cc3nc(C)cn23)n[nH]1. The summed E-state index contributed by atoms with van der Waals surface area (Å²) in [5.74, 6) is 1.79. The van der Waals surface area contributed by atoms with Gasteiger partial charge in [0.2, 0.25) is 5.95 Å². The minimum atomic E-state index is 0.415. The topological polar surface area (TPSA) is 102 Å². The summed E-state index contributed by atoms with van der Waals surface area (Å²) >= 11 is 0. The molecule has 0 spiro atoms. The summed E-state index contributed by atoms with van der Waals surface area (Å²) in [5, 5.41) is 15.4. The standard InChI is InChI=1S/C23H25N9/c1-4-15(2)19-9-21(30-29-19)28-23-27-20(10-22-26-16(3)12-32(22)23)17-11-25-31(13-17)14-18-7-5-6-8-24-18/h5-13,15H,4,14H2,1-3H3,(H2,27,28,29,30). The van der Waals surface area contributed by atoms with Crippen LogP contribution in [0.1, 0.15) is 43.3 Å². The van der Waals surface area contributed by atoms with Crippen molar-refractivity contribution in [3.05, 3.63) is 72.2 Å². The molecule has 0 aliphatic rings. The van der Waals surface area contributed by atoms with Gasteiger partial charge in [0, 0.05) is 42.0 Å². The number of nitrogens with one attached hydrogen (secondary N) is 2. The third-order valence-corrected chi connectivity index (χ3v) is 5.53. The lowest BCUT2D eigenvalue weighted by atomic mass is 10.1. The van der Waals surface area contributed by atoms with Crippen LogP contribution in [0.2, 0.25) is 0 Å². The maximum Gasteiger partial charge on any atom is 0.215 e. The molecule has 32 heavy (non-hydrogen) atoms. The van der Waals surface area contributed by atoms with Gasteiger partial charge in [-0.05, 0) is 31.4 Å². The molecule has 9 heteroatoms. The van der Waals surface area contributed by atoms with E-state index in [0.717, 1.165) is 46.2 Å². The molecule has 0 bridgehead atoms. The number of aromatic nitrogens is 8. The molecule has 0 amide bonds. The van der Waals surface area contributed by atoms with Gasteiger partial charge in [-0.15, -0.1) is 0 Å². The van der Waals surface area contributed by atoms with Gasteiger partial charge in [0.05, 0.1) is 29.8 Å². The third kappa shape index (κ3) is 3.96. The quantitative estimate of drug-likeness (QED) is 0.401. The van der Waals surface area contributed by atoms with E-state index < -0.39 is 0 Å². The van der Waals surface area contributed by atoms with E-state index in [-0.39, 0.29) is 0 Å². The summed E-state index contributed by atoms with van der Waals surface area (Å²) in [5.41, 5.74) is 5.47. The molecule has 0 aliphatic carbocycles. The van der Waals surface area contributed by atoms with E-state index >= 15 is 0 Å². The van der Waals surface area contributed by atoms with E-state index in [1.54, 1.807) is 6.20 Å². The molecule has 162 valence electrons. The van der Waals surface area contributed by atoms with Crippen LogP contribution < -0.4 is 5.32 Å². The molecule has 0 radical (unpaired) electrons. The Balaban J connectivity index is 1.48. The number of H-pyrrole nitrogens is 1. The minimum Gasteiger partial charge on any atom is -0.308 e. The van der Waals surface area contributed by atoms with Gasteiger partial charge in [-0.3, -0.25) is 19.2 Å². The second-order valence-corrected chi connectivity index (χ2v) is 7.97. The van der Waals surface area contributed by atoms with Crippen molar-refractivity contribution >= 4 is 17.4 Å². The second-order valence-electron chi connectivity index (χ2n) is 7.97. The molecule has 5 rings (SSSR count). The summed E-state index contributed by atoms with van der Waals surface area (Å²) in [6.07, 6.45) is 8.58. The Kier molecular flexibility index (Phi) is 5.14. The zero-order chi connectivity index (χ0) is 22.1. The Bertz CT molecular complexity index is 1350. The molecular weight excluding hydrogens is 402 g/mol. The monoisotopic (exact) mass is 427 g/mol. The lowest BCUT2D eigenvalue weighted by Gasteiger charge is -2.08. The van der Waals surface area contributed by atoms with Gasteiger partial charge >= 0.3 is 0 Å². The highest BCUT2D eigenvalue weighted by Gasteiger charge is 2.14. The highest BCUT2D eigenvalue weighted by molar-refractivity contribution is 5.66. The molecule has 5 heterocycles. The van der Waals surface area contributed by atoms with Crippen LogP contribution >= 0.6 is 0 Å². The minimum absolute atomic E-state index is 0.415. The first-order valence-electron chi connectivity index (χ1n) is 10.7. The van der Waals surface area contributed by atoms with Gasteiger partial charge in [0.1, 0.15) is 5.65 Å². The molecule has 0 aromatic carbocycles. The summed E-state index contributed by atoms with van der Waals surface area (Å²) in [6.45, 7) is 6.91. The first-order chi connectivity index (χ1) is 15.6. The predicted octanol–water partition coefficient (Wildman–Crippen LogP) is 4.32. The normalized spacial score (nSPS) is 12.3. The van der Waals surface area contributed by atoms with E-state index in [2.05, 4.69) is 44.4 Å². The van der Waals surface area contributed by atoms with E-state index in [9.17, 15) is 0 Å². The zero-order valence-corrected chi connectivity index (χ0v) is 18.3. The lowest BCUT2D eigenvalue weighted by Crippen LogP contribution is -2.03. The average Bonchev–Trinajstić information content (AvgIpc) is 3.53. The van der Waals surface area contributed by atoms with E-state index in [1.165, 1.54) is 0 Å². The number of pyridine rings is 1. The smallest absolute Gasteiger partial charge is 0.215 e. The summed E-state index contributed by atoms with van der Waals surface area (Å²) < 4.78 is 3.80. The summed E-state index contributed by atoms with van der Waals surface area (Å²) in [6, 6.07) is 9.86. The van der Waals surface area contributed by atoms with Crippen molar-refractivity contribution in [2.24, 2.45) is 0 Å². The number of rotatable bonds is 7. The third-order valence-electron chi connectivity index (χ3n) is 5.53. The number of hydrogen-bond acceptors (Lipinski definition) is 6. The number of fused-ring (bicyclic) bond motifs is 1. The Hall–Kier alpha value is -4.01. The van der Waals surface area contributed by atoms with Crippen molar-refractivity contribution in [3.63, 3.8) is 0 Å². The highest BCUT2D eigenvalue weighted by atomic mass is 15.3. The maximum absolute atomic E-state index is 4.86. The Labute approximate surface area is 185 Å². The lowest BCUT2D eigenvalue weighted by molar-refractivity contribution is 0.673. The van der Waals surface area contributed by atoms with Crippen LogP contribution in [-0.4, -0.2) is 39.3 Å². The number of anilines is 2. The van der Waals surface area contributed by atoms with Gasteiger partial charge in [-0.1, -0.05) is 19.9 Å². The van der Waals surface area contributed by atoms with Gasteiger partial charge in [-0.25, -0.2) is 9.97 Å². The van der Waals surface area contributed by atoms with Crippen molar-refractivity contribution < 1.29 is 0 Å². The van der Waals surface area contributed by atoms with Crippen molar-refractivity contribution in [3.8, 4) is 11.3 Å². The van der Waals surface area contributed by atoms with Crippen LogP contribution in [-0.2, 0) is 6.54 Å². The van der Waals surface area contributed by atoms with Crippen molar-refractivity contribution in [1.82, 2.24) is 39.3 Å². The molecule has 0 saturated heterocycles. The number of hydrogen-bond donors (Lipinski definition) is 2. The largest absolute Gasteiger partial charge is 0.308 e. The Morgan fingerprint density at radius 2 is 2.06 bits per heavy atom. The molecule has 2 N–H and O–H groups in total. The molecular formula is C23H25N9. The molecule has 0 aliphatic heterocycles. The van der Waals surface area contributed by atoms with Crippen molar-refractivity contribution in [1.29, 1.82) is 0 Å². The first-order valence-corrected chi connectivity index (χ1v) is 10.7. The first kappa shape index (κ1) is 19.9.